The topological polar surface area (TPSA) is 72.2 Å². The molecule has 0 aromatic heterocycles. The number of hydrogen-bond acceptors (Lipinski definition) is 3. The van der Waals surface area contributed by atoms with E-state index in [0.29, 0.717) is 5.56 Å². The second-order valence-corrected chi connectivity index (χ2v) is 4.75. The standard InChI is InChI=1S/C14H10ClFN2O3/c1-8-2-3-9(6-13(8)16)17-14(19)11-5-4-10(18(20)21)7-12(11)15/h2-7H,1H3,(H,17,19). The molecule has 0 aliphatic heterocycles. The minimum atomic E-state index is -0.608. The van der Waals surface area contributed by atoms with Crippen LogP contribution in [-0.2, 0) is 0 Å². The van der Waals surface area contributed by atoms with Crippen LogP contribution < -0.4 is 5.32 Å². The molecule has 0 fully saturated rings. The van der Waals surface area contributed by atoms with Gasteiger partial charge in [-0.1, -0.05) is 17.7 Å². The monoisotopic (exact) mass is 308 g/mol. The average molecular weight is 309 g/mol. The summed E-state index contributed by atoms with van der Waals surface area (Å²) in [6.45, 7) is 1.61. The summed E-state index contributed by atoms with van der Waals surface area (Å²) >= 11 is 5.85. The quantitative estimate of drug-likeness (QED) is 0.689. The van der Waals surface area contributed by atoms with Crippen molar-refractivity contribution >= 4 is 28.9 Å². The zero-order chi connectivity index (χ0) is 15.6. The Bertz CT molecular complexity index is 734. The fourth-order valence-corrected chi connectivity index (χ4v) is 1.93. The minimum absolute atomic E-state index is 0.0470. The van der Waals surface area contributed by atoms with Crippen molar-refractivity contribution in [3.63, 3.8) is 0 Å². The molecular weight excluding hydrogens is 299 g/mol. The zero-order valence-electron chi connectivity index (χ0n) is 10.9. The van der Waals surface area contributed by atoms with Gasteiger partial charge < -0.3 is 5.32 Å². The number of benzene rings is 2. The maximum Gasteiger partial charge on any atom is 0.270 e. The second kappa shape index (κ2) is 5.88. The lowest BCUT2D eigenvalue weighted by molar-refractivity contribution is -0.384. The number of aryl methyl sites for hydroxylation is 1. The number of nitro groups is 1. The lowest BCUT2D eigenvalue weighted by atomic mass is 10.1. The van der Waals surface area contributed by atoms with E-state index in [9.17, 15) is 19.3 Å². The smallest absolute Gasteiger partial charge is 0.270 e. The lowest BCUT2D eigenvalue weighted by Crippen LogP contribution is -2.12. The van der Waals surface area contributed by atoms with Gasteiger partial charge in [-0.25, -0.2) is 4.39 Å². The van der Waals surface area contributed by atoms with Crippen molar-refractivity contribution in [1.82, 2.24) is 0 Å². The first-order valence-electron chi connectivity index (χ1n) is 5.90. The Labute approximate surface area is 124 Å². The van der Waals surface area contributed by atoms with Gasteiger partial charge in [0.05, 0.1) is 15.5 Å². The molecule has 0 bridgehead atoms. The first kappa shape index (κ1) is 14.9. The van der Waals surface area contributed by atoms with E-state index in [1.165, 1.54) is 24.3 Å². The number of carbonyl (C=O) groups is 1. The predicted molar refractivity (Wildman–Crippen MR) is 77.2 cm³/mol. The summed E-state index contributed by atoms with van der Waals surface area (Å²) < 4.78 is 13.4. The number of nitrogens with one attached hydrogen (secondary N) is 1. The van der Waals surface area contributed by atoms with Crippen molar-refractivity contribution in [2.75, 3.05) is 5.32 Å². The van der Waals surface area contributed by atoms with Gasteiger partial charge in [-0.2, -0.15) is 0 Å². The Morgan fingerprint density at radius 2 is 2.00 bits per heavy atom. The number of non-ortho nitro benzene ring substituents is 1. The number of nitrogens with zero attached hydrogens (tertiary/aromatic N) is 1. The van der Waals surface area contributed by atoms with Gasteiger partial charge in [-0.15, -0.1) is 0 Å². The van der Waals surface area contributed by atoms with E-state index in [1.807, 2.05) is 0 Å². The summed E-state index contributed by atoms with van der Waals surface area (Å²) in [5.41, 5.74) is 0.597. The van der Waals surface area contributed by atoms with Crippen LogP contribution in [0, 0.1) is 22.9 Å². The summed E-state index contributed by atoms with van der Waals surface area (Å²) in [4.78, 5) is 22.0. The number of halogens is 2. The van der Waals surface area contributed by atoms with E-state index in [1.54, 1.807) is 13.0 Å². The Morgan fingerprint density at radius 1 is 1.29 bits per heavy atom. The van der Waals surface area contributed by atoms with Gasteiger partial charge in [0, 0.05) is 17.8 Å². The molecule has 0 aliphatic carbocycles. The second-order valence-electron chi connectivity index (χ2n) is 4.34. The summed E-state index contributed by atoms with van der Waals surface area (Å²) in [5.74, 6) is -1.01. The summed E-state index contributed by atoms with van der Waals surface area (Å²) in [7, 11) is 0. The molecular formula is C14H10ClFN2O3. The van der Waals surface area contributed by atoms with Crippen molar-refractivity contribution in [1.29, 1.82) is 0 Å². The van der Waals surface area contributed by atoms with Gasteiger partial charge in [-0.05, 0) is 30.7 Å². The number of rotatable bonds is 3. The van der Waals surface area contributed by atoms with Gasteiger partial charge in [0.2, 0.25) is 0 Å². The Hall–Kier alpha value is -2.47. The van der Waals surface area contributed by atoms with Gasteiger partial charge in [0.1, 0.15) is 5.82 Å². The zero-order valence-corrected chi connectivity index (χ0v) is 11.6. The first-order valence-corrected chi connectivity index (χ1v) is 6.27. The van der Waals surface area contributed by atoms with E-state index in [0.717, 1.165) is 6.07 Å². The fourth-order valence-electron chi connectivity index (χ4n) is 1.67. The van der Waals surface area contributed by atoms with Crippen LogP contribution in [0.5, 0.6) is 0 Å². The van der Waals surface area contributed by atoms with Gasteiger partial charge in [0.25, 0.3) is 11.6 Å². The van der Waals surface area contributed by atoms with E-state index in [-0.39, 0.29) is 22.0 Å². The third kappa shape index (κ3) is 3.35. The van der Waals surface area contributed by atoms with E-state index >= 15 is 0 Å². The number of nitro benzene ring substituents is 1. The Balaban J connectivity index is 2.24. The third-order valence-corrected chi connectivity index (χ3v) is 3.15. The minimum Gasteiger partial charge on any atom is -0.322 e. The molecule has 0 spiro atoms. The van der Waals surface area contributed by atoms with Crippen LogP contribution >= 0.6 is 11.6 Å². The summed E-state index contributed by atoms with van der Waals surface area (Å²) in [6, 6.07) is 7.79. The molecule has 0 unspecified atom stereocenters. The van der Waals surface area contributed by atoms with Gasteiger partial charge >= 0.3 is 0 Å². The van der Waals surface area contributed by atoms with Gasteiger partial charge in [-0.3, -0.25) is 14.9 Å². The van der Waals surface area contributed by atoms with E-state index < -0.39 is 16.6 Å². The Kier molecular flexibility index (Phi) is 4.18. The first-order chi connectivity index (χ1) is 9.88. The molecule has 21 heavy (non-hydrogen) atoms. The molecule has 7 heteroatoms. The lowest BCUT2D eigenvalue weighted by Gasteiger charge is -2.07. The predicted octanol–water partition coefficient (Wildman–Crippen LogP) is 3.95. The molecule has 0 radical (unpaired) electrons. The molecule has 1 N–H and O–H groups in total. The molecule has 2 aromatic rings. The van der Waals surface area contributed by atoms with Crippen LogP contribution in [0.1, 0.15) is 15.9 Å². The van der Waals surface area contributed by atoms with Crippen LogP contribution in [-0.4, -0.2) is 10.8 Å². The van der Waals surface area contributed by atoms with Crippen LogP contribution in [0.4, 0.5) is 15.8 Å². The summed E-state index contributed by atoms with van der Waals surface area (Å²) in [6.07, 6.45) is 0. The maximum atomic E-state index is 13.4. The molecule has 0 heterocycles. The number of anilines is 1. The summed E-state index contributed by atoms with van der Waals surface area (Å²) in [5, 5.41) is 13.0. The van der Waals surface area contributed by atoms with Crippen LogP contribution in [0.25, 0.3) is 0 Å². The van der Waals surface area contributed by atoms with E-state index in [2.05, 4.69) is 5.32 Å². The number of carbonyl (C=O) groups excluding carboxylic acids is 1. The Morgan fingerprint density at radius 3 is 2.57 bits per heavy atom. The highest BCUT2D eigenvalue weighted by atomic mass is 35.5. The maximum absolute atomic E-state index is 13.4. The largest absolute Gasteiger partial charge is 0.322 e. The van der Waals surface area contributed by atoms with E-state index in [4.69, 9.17) is 11.6 Å². The van der Waals surface area contributed by atoms with Crippen molar-refractivity contribution < 1.29 is 14.1 Å². The van der Waals surface area contributed by atoms with Crippen LogP contribution in [0.3, 0.4) is 0 Å². The molecule has 0 atom stereocenters. The molecule has 2 rings (SSSR count). The van der Waals surface area contributed by atoms with Gasteiger partial charge in [0.15, 0.2) is 0 Å². The molecule has 1 amide bonds. The van der Waals surface area contributed by atoms with Crippen LogP contribution in [0.15, 0.2) is 36.4 Å². The third-order valence-electron chi connectivity index (χ3n) is 2.84. The highest BCUT2D eigenvalue weighted by Crippen LogP contribution is 2.23. The molecule has 5 nitrogen and oxygen atoms in total. The van der Waals surface area contributed by atoms with Crippen molar-refractivity contribution in [2.45, 2.75) is 6.92 Å². The fraction of sp³-hybridized carbons (Fsp3) is 0.0714. The number of hydrogen-bond donors (Lipinski definition) is 1. The normalized spacial score (nSPS) is 10.2. The molecule has 0 saturated heterocycles. The molecule has 108 valence electrons. The highest BCUT2D eigenvalue weighted by Gasteiger charge is 2.15. The molecule has 0 aliphatic rings. The van der Waals surface area contributed by atoms with Crippen molar-refractivity contribution in [2.24, 2.45) is 0 Å². The van der Waals surface area contributed by atoms with Crippen molar-refractivity contribution in [3.05, 3.63) is 68.5 Å². The highest BCUT2D eigenvalue weighted by molar-refractivity contribution is 6.34. The van der Waals surface area contributed by atoms with Crippen molar-refractivity contribution in [3.8, 4) is 0 Å². The molecule has 2 aromatic carbocycles. The van der Waals surface area contributed by atoms with Crippen LogP contribution in [0.2, 0.25) is 5.02 Å². The SMILES string of the molecule is Cc1ccc(NC(=O)c2ccc([N+](=O)[O-])cc2Cl)cc1F. The average Bonchev–Trinajstić information content (AvgIpc) is 2.42. The molecule has 0 saturated carbocycles. The number of amides is 1.